The first-order valence-corrected chi connectivity index (χ1v) is 10.6. The van der Waals surface area contributed by atoms with Crippen molar-refractivity contribution in [2.24, 2.45) is 0 Å². The number of carbonyl (C=O) groups is 1. The molecule has 0 fully saturated rings. The number of rotatable bonds is 9. The molecular formula is C22H26N4O2S. The fraction of sp³-hybridized carbons (Fsp3) is 0.318. The zero-order chi connectivity index (χ0) is 20.6. The van der Waals surface area contributed by atoms with E-state index in [0.29, 0.717) is 11.0 Å². The predicted molar refractivity (Wildman–Crippen MR) is 116 cm³/mol. The average Bonchev–Trinajstić information content (AvgIpc) is 3.22. The molecule has 2 aromatic carbocycles. The Balaban J connectivity index is 1.62. The summed E-state index contributed by atoms with van der Waals surface area (Å²) in [4.78, 5) is 17.2. The van der Waals surface area contributed by atoms with E-state index in [1.807, 2.05) is 49.4 Å². The van der Waals surface area contributed by atoms with Gasteiger partial charge in [-0.3, -0.25) is 9.89 Å². The van der Waals surface area contributed by atoms with E-state index in [9.17, 15) is 4.79 Å². The lowest BCUT2D eigenvalue weighted by Crippen LogP contribution is -2.34. The monoisotopic (exact) mass is 410 g/mol. The van der Waals surface area contributed by atoms with Crippen molar-refractivity contribution in [3.63, 3.8) is 0 Å². The number of hydrogen-bond donors (Lipinski definition) is 2. The van der Waals surface area contributed by atoms with Crippen molar-refractivity contribution < 1.29 is 9.53 Å². The van der Waals surface area contributed by atoms with Gasteiger partial charge < -0.3 is 10.1 Å². The molecular weight excluding hydrogens is 384 g/mol. The maximum absolute atomic E-state index is 12.7. The van der Waals surface area contributed by atoms with Crippen LogP contribution in [0.2, 0.25) is 0 Å². The van der Waals surface area contributed by atoms with Crippen LogP contribution in [0.25, 0.3) is 11.4 Å². The second kappa shape index (κ2) is 10.1. The van der Waals surface area contributed by atoms with Gasteiger partial charge in [0.2, 0.25) is 11.1 Å². The van der Waals surface area contributed by atoms with Gasteiger partial charge in [0.25, 0.3) is 0 Å². The predicted octanol–water partition coefficient (Wildman–Crippen LogP) is 4.62. The molecule has 152 valence electrons. The summed E-state index contributed by atoms with van der Waals surface area (Å²) in [5.74, 6) is 1.43. The van der Waals surface area contributed by atoms with Crippen LogP contribution < -0.4 is 10.1 Å². The standard InChI is InChI=1S/C22H26N4O2S/c1-4-8-19(16-9-6-5-7-10-16)23-21(27)15(2)29-22-24-20(25-26-22)17-11-13-18(28-3)14-12-17/h5-7,9-15,19H,4,8H2,1-3H3,(H,23,27)(H,24,25,26). The van der Waals surface area contributed by atoms with Gasteiger partial charge in [0.1, 0.15) is 5.75 Å². The molecule has 0 aliphatic carbocycles. The molecule has 3 aromatic rings. The molecule has 29 heavy (non-hydrogen) atoms. The summed E-state index contributed by atoms with van der Waals surface area (Å²) >= 11 is 1.34. The fourth-order valence-corrected chi connectivity index (χ4v) is 3.71. The molecule has 1 heterocycles. The lowest BCUT2D eigenvalue weighted by Gasteiger charge is -2.20. The summed E-state index contributed by atoms with van der Waals surface area (Å²) in [5, 5.41) is 10.6. The Hall–Kier alpha value is -2.80. The topological polar surface area (TPSA) is 79.9 Å². The highest BCUT2D eigenvalue weighted by atomic mass is 32.2. The molecule has 0 bridgehead atoms. The summed E-state index contributed by atoms with van der Waals surface area (Å²) in [6, 6.07) is 17.7. The van der Waals surface area contributed by atoms with E-state index < -0.39 is 0 Å². The third-order valence-electron chi connectivity index (χ3n) is 4.58. The molecule has 6 nitrogen and oxygen atoms in total. The molecule has 2 atom stereocenters. The quantitative estimate of drug-likeness (QED) is 0.503. The lowest BCUT2D eigenvalue weighted by atomic mass is 10.0. The first-order valence-electron chi connectivity index (χ1n) is 9.69. The fourth-order valence-electron chi connectivity index (χ4n) is 2.97. The molecule has 0 saturated carbocycles. The Morgan fingerprint density at radius 1 is 1.17 bits per heavy atom. The summed E-state index contributed by atoms with van der Waals surface area (Å²) in [6.07, 6.45) is 1.89. The second-order valence-corrected chi connectivity index (χ2v) is 8.02. The summed E-state index contributed by atoms with van der Waals surface area (Å²) in [7, 11) is 1.63. The number of carbonyl (C=O) groups excluding carboxylic acids is 1. The molecule has 0 radical (unpaired) electrons. The molecule has 2 N–H and O–H groups in total. The van der Waals surface area contributed by atoms with Gasteiger partial charge in [-0.1, -0.05) is 55.4 Å². The Morgan fingerprint density at radius 3 is 2.55 bits per heavy atom. The molecule has 1 aromatic heterocycles. The minimum atomic E-state index is -0.308. The number of thioether (sulfide) groups is 1. The van der Waals surface area contributed by atoms with Crippen LogP contribution in [-0.4, -0.2) is 33.4 Å². The van der Waals surface area contributed by atoms with E-state index in [0.717, 1.165) is 29.7 Å². The Morgan fingerprint density at radius 2 is 1.90 bits per heavy atom. The van der Waals surface area contributed by atoms with Crippen LogP contribution >= 0.6 is 11.8 Å². The molecule has 7 heteroatoms. The first kappa shape index (κ1) is 20.9. The van der Waals surface area contributed by atoms with Gasteiger partial charge in [0.15, 0.2) is 5.82 Å². The van der Waals surface area contributed by atoms with Gasteiger partial charge in [0.05, 0.1) is 18.4 Å². The molecule has 2 unspecified atom stereocenters. The van der Waals surface area contributed by atoms with E-state index in [2.05, 4.69) is 39.6 Å². The molecule has 0 aliphatic rings. The summed E-state index contributed by atoms with van der Waals surface area (Å²) in [6.45, 7) is 3.99. The Bertz CT molecular complexity index is 912. The van der Waals surface area contributed by atoms with E-state index >= 15 is 0 Å². The van der Waals surface area contributed by atoms with Crippen LogP contribution in [0.15, 0.2) is 59.8 Å². The van der Waals surface area contributed by atoms with Crippen LogP contribution in [-0.2, 0) is 4.79 Å². The smallest absolute Gasteiger partial charge is 0.233 e. The van der Waals surface area contributed by atoms with E-state index in [4.69, 9.17) is 4.74 Å². The number of hydrogen-bond acceptors (Lipinski definition) is 5. The van der Waals surface area contributed by atoms with Gasteiger partial charge >= 0.3 is 0 Å². The van der Waals surface area contributed by atoms with E-state index in [1.54, 1.807) is 7.11 Å². The van der Waals surface area contributed by atoms with Crippen LogP contribution in [0.5, 0.6) is 5.75 Å². The van der Waals surface area contributed by atoms with Crippen molar-refractivity contribution >= 4 is 17.7 Å². The highest BCUT2D eigenvalue weighted by Gasteiger charge is 2.21. The van der Waals surface area contributed by atoms with Crippen molar-refractivity contribution in [3.8, 4) is 17.1 Å². The van der Waals surface area contributed by atoms with Gasteiger partial charge in [-0.05, 0) is 43.2 Å². The van der Waals surface area contributed by atoms with Gasteiger partial charge in [-0.2, -0.15) is 0 Å². The summed E-state index contributed by atoms with van der Waals surface area (Å²) < 4.78 is 5.18. The van der Waals surface area contributed by atoms with E-state index in [-0.39, 0.29) is 17.2 Å². The number of aromatic nitrogens is 3. The first-order chi connectivity index (χ1) is 14.1. The number of H-pyrrole nitrogens is 1. The van der Waals surface area contributed by atoms with Gasteiger partial charge in [-0.15, -0.1) is 5.10 Å². The average molecular weight is 411 g/mol. The van der Waals surface area contributed by atoms with Crippen molar-refractivity contribution in [1.29, 1.82) is 0 Å². The number of nitrogens with zero attached hydrogens (tertiary/aromatic N) is 2. The van der Waals surface area contributed by atoms with Crippen molar-refractivity contribution in [3.05, 3.63) is 60.2 Å². The zero-order valence-corrected chi connectivity index (χ0v) is 17.7. The molecule has 3 rings (SSSR count). The number of ether oxygens (including phenoxy) is 1. The number of benzene rings is 2. The van der Waals surface area contributed by atoms with Crippen LogP contribution in [0.4, 0.5) is 0 Å². The molecule has 1 amide bonds. The van der Waals surface area contributed by atoms with Crippen LogP contribution in [0.3, 0.4) is 0 Å². The highest BCUT2D eigenvalue weighted by Crippen LogP contribution is 2.25. The SMILES string of the molecule is CCCC(NC(=O)C(C)Sc1n[nH]c(-c2ccc(OC)cc2)n1)c1ccccc1. The van der Waals surface area contributed by atoms with Crippen molar-refractivity contribution in [2.75, 3.05) is 7.11 Å². The highest BCUT2D eigenvalue weighted by molar-refractivity contribution is 8.00. The third kappa shape index (κ3) is 5.60. The largest absolute Gasteiger partial charge is 0.497 e. The molecule has 0 saturated heterocycles. The lowest BCUT2D eigenvalue weighted by molar-refractivity contribution is -0.121. The van der Waals surface area contributed by atoms with Gasteiger partial charge in [0, 0.05) is 5.56 Å². The number of aromatic amines is 1. The second-order valence-electron chi connectivity index (χ2n) is 6.72. The van der Waals surface area contributed by atoms with Crippen molar-refractivity contribution in [2.45, 2.75) is 43.1 Å². The number of nitrogens with one attached hydrogen (secondary N) is 2. The summed E-state index contributed by atoms with van der Waals surface area (Å²) in [5.41, 5.74) is 2.04. The normalized spacial score (nSPS) is 12.9. The van der Waals surface area contributed by atoms with Crippen LogP contribution in [0.1, 0.15) is 38.3 Å². The van der Waals surface area contributed by atoms with Crippen molar-refractivity contribution in [1.82, 2.24) is 20.5 Å². The maximum atomic E-state index is 12.7. The zero-order valence-electron chi connectivity index (χ0n) is 16.9. The minimum absolute atomic E-state index is 0.0127. The van der Waals surface area contributed by atoms with Crippen LogP contribution in [0, 0.1) is 0 Å². The molecule has 0 spiro atoms. The third-order valence-corrected chi connectivity index (χ3v) is 5.54. The minimum Gasteiger partial charge on any atom is -0.497 e. The number of amides is 1. The van der Waals surface area contributed by atoms with E-state index in [1.165, 1.54) is 11.8 Å². The van der Waals surface area contributed by atoms with Gasteiger partial charge in [-0.25, -0.2) is 4.98 Å². The number of methoxy groups -OCH3 is 1. The Kier molecular flexibility index (Phi) is 7.30. The maximum Gasteiger partial charge on any atom is 0.233 e. The molecule has 0 aliphatic heterocycles. The Labute approximate surface area is 175 Å².